The second-order valence-corrected chi connectivity index (χ2v) is 5.86. The minimum atomic E-state index is -0.137. The molecule has 6 heteroatoms. The lowest BCUT2D eigenvalue weighted by atomic mass is 10.2. The number of anilines is 1. The number of carbonyl (C=O) groups is 1. The van der Waals surface area contributed by atoms with Crippen molar-refractivity contribution < 1.29 is 9.53 Å². The zero-order valence-electron chi connectivity index (χ0n) is 12.9. The van der Waals surface area contributed by atoms with E-state index in [2.05, 4.69) is 17.3 Å². The molecule has 0 aliphatic carbocycles. The topological polar surface area (TPSA) is 56.2 Å². The molecule has 3 aromatic rings. The number of hydrogen-bond donors (Lipinski definition) is 1. The van der Waals surface area contributed by atoms with E-state index in [1.54, 1.807) is 13.2 Å². The van der Waals surface area contributed by atoms with Gasteiger partial charge in [-0.25, -0.2) is 4.68 Å². The zero-order valence-corrected chi connectivity index (χ0v) is 13.8. The summed E-state index contributed by atoms with van der Waals surface area (Å²) in [5.74, 6) is 1.21. The number of rotatable bonds is 5. The highest BCUT2D eigenvalue weighted by atomic mass is 32.1. The molecule has 0 spiro atoms. The first-order valence-corrected chi connectivity index (χ1v) is 8.17. The van der Waals surface area contributed by atoms with Crippen molar-refractivity contribution in [3.63, 3.8) is 0 Å². The highest BCUT2D eigenvalue weighted by Gasteiger charge is 2.12. The first-order valence-electron chi connectivity index (χ1n) is 7.29. The van der Waals surface area contributed by atoms with Crippen LogP contribution < -0.4 is 10.1 Å². The van der Waals surface area contributed by atoms with Crippen LogP contribution in [-0.2, 0) is 6.42 Å². The van der Waals surface area contributed by atoms with Crippen molar-refractivity contribution >= 4 is 23.1 Å². The van der Waals surface area contributed by atoms with E-state index in [9.17, 15) is 4.79 Å². The highest BCUT2D eigenvalue weighted by molar-refractivity contribution is 7.12. The van der Waals surface area contributed by atoms with Gasteiger partial charge in [-0.05, 0) is 42.1 Å². The zero-order chi connectivity index (χ0) is 16.2. The largest absolute Gasteiger partial charge is 0.497 e. The van der Waals surface area contributed by atoms with Crippen LogP contribution in [0.4, 0.5) is 5.82 Å². The molecule has 0 radical (unpaired) electrons. The van der Waals surface area contributed by atoms with Gasteiger partial charge in [0.2, 0.25) is 0 Å². The molecular formula is C17H17N3O2S. The monoisotopic (exact) mass is 327 g/mol. The molecule has 3 rings (SSSR count). The van der Waals surface area contributed by atoms with Crippen LogP contribution in [-0.4, -0.2) is 22.8 Å². The van der Waals surface area contributed by atoms with Crippen LogP contribution in [0.15, 0.2) is 47.8 Å². The molecule has 1 N–H and O–H groups in total. The van der Waals surface area contributed by atoms with Crippen molar-refractivity contribution in [2.24, 2.45) is 0 Å². The number of methoxy groups -OCH3 is 1. The van der Waals surface area contributed by atoms with E-state index in [1.165, 1.54) is 11.3 Å². The first kappa shape index (κ1) is 15.3. The molecule has 2 aromatic heterocycles. The Labute approximate surface area is 138 Å². The number of ether oxygens (including phenoxy) is 1. The van der Waals surface area contributed by atoms with Crippen LogP contribution in [0.25, 0.3) is 5.69 Å². The minimum Gasteiger partial charge on any atom is -0.497 e. The van der Waals surface area contributed by atoms with E-state index in [-0.39, 0.29) is 5.91 Å². The Morgan fingerprint density at radius 3 is 2.70 bits per heavy atom. The van der Waals surface area contributed by atoms with Crippen molar-refractivity contribution in [3.8, 4) is 11.4 Å². The van der Waals surface area contributed by atoms with Crippen LogP contribution in [0.3, 0.4) is 0 Å². The molecule has 0 bridgehead atoms. The molecule has 2 heterocycles. The average Bonchev–Trinajstić information content (AvgIpc) is 3.24. The highest BCUT2D eigenvalue weighted by Crippen LogP contribution is 2.20. The Balaban J connectivity index is 1.86. The summed E-state index contributed by atoms with van der Waals surface area (Å²) in [4.78, 5) is 12.8. The average molecular weight is 327 g/mol. The lowest BCUT2D eigenvalue weighted by Crippen LogP contribution is -2.11. The van der Waals surface area contributed by atoms with Crippen molar-refractivity contribution in [3.05, 3.63) is 58.4 Å². The van der Waals surface area contributed by atoms with Gasteiger partial charge >= 0.3 is 0 Å². The fourth-order valence-corrected chi connectivity index (χ4v) is 2.88. The Hall–Kier alpha value is -2.60. The number of hydrogen-bond acceptors (Lipinski definition) is 4. The van der Waals surface area contributed by atoms with Gasteiger partial charge in [-0.3, -0.25) is 4.79 Å². The van der Waals surface area contributed by atoms with Gasteiger partial charge in [-0.15, -0.1) is 16.4 Å². The van der Waals surface area contributed by atoms with Gasteiger partial charge in [0, 0.05) is 11.8 Å². The molecule has 1 aromatic carbocycles. The van der Waals surface area contributed by atoms with E-state index in [1.807, 2.05) is 46.5 Å². The van der Waals surface area contributed by atoms with Gasteiger partial charge in [0.15, 0.2) is 5.82 Å². The summed E-state index contributed by atoms with van der Waals surface area (Å²) in [6.45, 7) is 2.06. The van der Waals surface area contributed by atoms with Gasteiger partial charge in [-0.1, -0.05) is 13.0 Å². The third-order valence-electron chi connectivity index (χ3n) is 3.45. The van der Waals surface area contributed by atoms with Crippen LogP contribution in [0.5, 0.6) is 5.75 Å². The third-order valence-corrected chi connectivity index (χ3v) is 4.32. The summed E-state index contributed by atoms with van der Waals surface area (Å²) in [6.07, 6.45) is 0.813. The number of nitrogens with one attached hydrogen (secondary N) is 1. The maximum atomic E-state index is 12.1. The quantitative estimate of drug-likeness (QED) is 0.776. The molecule has 0 saturated heterocycles. The fraction of sp³-hybridized carbons (Fsp3) is 0.176. The van der Waals surface area contributed by atoms with Crippen molar-refractivity contribution in [2.75, 3.05) is 12.4 Å². The van der Waals surface area contributed by atoms with Gasteiger partial charge < -0.3 is 10.1 Å². The molecule has 0 saturated carbocycles. The lowest BCUT2D eigenvalue weighted by molar-refractivity contribution is 0.103. The van der Waals surface area contributed by atoms with Gasteiger partial charge in [-0.2, -0.15) is 0 Å². The van der Waals surface area contributed by atoms with Gasteiger partial charge in [0.25, 0.3) is 5.91 Å². The summed E-state index contributed by atoms with van der Waals surface area (Å²) in [6, 6.07) is 13.2. The molecule has 0 atom stereocenters. The Kier molecular flexibility index (Phi) is 4.43. The standard InChI is InChI=1S/C17H17N3O2S/c1-3-12-11-16(18-17(21)15-5-4-10-23-15)19-20(12)13-6-8-14(22-2)9-7-13/h4-11H,3H2,1-2H3,(H,18,19,21). The molecule has 5 nitrogen and oxygen atoms in total. The summed E-state index contributed by atoms with van der Waals surface area (Å²) < 4.78 is 7.01. The predicted molar refractivity (Wildman–Crippen MR) is 91.8 cm³/mol. The number of aryl methyl sites for hydroxylation is 1. The molecule has 0 unspecified atom stereocenters. The SMILES string of the molecule is CCc1cc(NC(=O)c2cccs2)nn1-c1ccc(OC)cc1. The van der Waals surface area contributed by atoms with Gasteiger partial charge in [0.1, 0.15) is 5.75 Å². The van der Waals surface area contributed by atoms with Crippen LogP contribution in [0.1, 0.15) is 22.3 Å². The number of benzene rings is 1. The molecule has 0 aliphatic rings. The minimum absolute atomic E-state index is 0.137. The summed E-state index contributed by atoms with van der Waals surface area (Å²) in [5.41, 5.74) is 1.95. The number of amides is 1. The fourth-order valence-electron chi connectivity index (χ4n) is 2.27. The molecule has 1 amide bonds. The Morgan fingerprint density at radius 2 is 2.09 bits per heavy atom. The molecular weight excluding hydrogens is 310 g/mol. The normalized spacial score (nSPS) is 10.5. The number of thiophene rings is 1. The second kappa shape index (κ2) is 6.66. The summed E-state index contributed by atoms with van der Waals surface area (Å²) >= 11 is 1.41. The number of carbonyl (C=O) groups excluding carboxylic acids is 1. The van der Waals surface area contributed by atoms with E-state index in [4.69, 9.17) is 4.74 Å². The maximum Gasteiger partial charge on any atom is 0.266 e. The van der Waals surface area contributed by atoms with E-state index in [0.29, 0.717) is 10.7 Å². The van der Waals surface area contributed by atoms with Crippen molar-refractivity contribution in [2.45, 2.75) is 13.3 Å². The lowest BCUT2D eigenvalue weighted by Gasteiger charge is -2.06. The maximum absolute atomic E-state index is 12.1. The Morgan fingerprint density at radius 1 is 1.30 bits per heavy atom. The summed E-state index contributed by atoms with van der Waals surface area (Å²) in [5, 5.41) is 9.23. The van der Waals surface area contributed by atoms with Crippen LogP contribution in [0, 0.1) is 0 Å². The smallest absolute Gasteiger partial charge is 0.266 e. The second-order valence-electron chi connectivity index (χ2n) is 4.92. The number of nitrogens with zero attached hydrogens (tertiary/aromatic N) is 2. The number of aromatic nitrogens is 2. The van der Waals surface area contributed by atoms with E-state index >= 15 is 0 Å². The molecule has 0 fully saturated rings. The first-order chi connectivity index (χ1) is 11.2. The third kappa shape index (κ3) is 3.27. The molecule has 23 heavy (non-hydrogen) atoms. The Bertz CT molecular complexity index is 792. The molecule has 118 valence electrons. The van der Waals surface area contributed by atoms with Crippen LogP contribution in [0.2, 0.25) is 0 Å². The van der Waals surface area contributed by atoms with Crippen LogP contribution >= 0.6 is 11.3 Å². The molecule has 0 aliphatic heterocycles. The van der Waals surface area contributed by atoms with E-state index in [0.717, 1.165) is 23.6 Å². The van der Waals surface area contributed by atoms with Crippen molar-refractivity contribution in [1.29, 1.82) is 0 Å². The predicted octanol–water partition coefficient (Wildman–Crippen LogP) is 3.76. The van der Waals surface area contributed by atoms with Gasteiger partial charge in [0.05, 0.1) is 17.7 Å². The van der Waals surface area contributed by atoms with Crippen molar-refractivity contribution in [1.82, 2.24) is 9.78 Å². The summed E-state index contributed by atoms with van der Waals surface area (Å²) in [7, 11) is 1.64. The van der Waals surface area contributed by atoms with E-state index < -0.39 is 0 Å².